The Balaban J connectivity index is 2.17. The maximum atomic E-state index is 13.6. The molecule has 0 aliphatic rings. The van der Waals surface area contributed by atoms with Crippen LogP contribution < -0.4 is 10.0 Å². The van der Waals surface area contributed by atoms with Gasteiger partial charge < -0.3 is 9.30 Å². The van der Waals surface area contributed by atoms with E-state index in [9.17, 15) is 14.2 Å². The molecular formula is C25H24ClO4P. The molecule has 0 aliphatic heterocycles. The van der Waals surface area contributed by atoms with E-state index >= 15 is 0 Å². The lowest BCUT2D eigenvalue weighted by atomic mass is 9.94. The van der Waals surface area contributed by atoms with Gasteiger partial charge in [-0.2, -0.15) is 0 Å². The molecule has 31 heavy (non-hydrogen) atoms. The molecule has 0 aromatic heterocycles. The molecule has 1 unspecified atom stereocenters. The molecule has 0 bridgehead atoms. The first-order valence-corrected chi connectivity index (χ1v) is 11.9. The SMILES string of the molecule is CCc1ccc(C(=O)c2ccccc2)c(CC)c1[PH](=O)C(=O)c1c(Cl)cccc1OC. The molecule has 3 aromatic rings. The average molecular weight is 455 g/mol. The summed E-state index contributed by atoms with van der Waals surface area (Å²) in [7, 11) is -1.54. The van der Waals surface area contributed by atoms with Crippen LogP contribution in [0.15, 0.2) is 60.7 Å². The number of benzene rings is 3. The second-order valence-electron chi connectivity index (χ2n) is 7.00. The first-order chi connectivity index (χ1) is 14.9. The molecule has 160 valence electrons. The van der Waals surface area contributed by atoms with E-state index < -0.39 is 13.3 Å². The summed E-state index contributed by atoms with van der Waals surface area (Å²) in [6.45, 7) is 3.84. The molecule has 3 aromatic carbocycles. The number of aryl methyl sites for hydroxylation is 1. The van der Waals surface area contributed by atoms with Crippen LogP contribution in [0.4, 0.5) is 0 Å². The normalized spacial score (nSPS) is 11.7. The van der Waals surface area contributed by atoms with Gasteiger partial charge in [0, 0.05) is 16.4 Å². The summed E-state index contributed by atoms with van der Waals surface area (Å²) in [4.78, 5) is 26.5. The predicted octanol–water partition coefficient (Wildman–Crippen LogP) is 5.73. The van der Waals surface area contributed by atoms with Gasteiger partial charge in [-0.05, 0) is 36.1 Å². The highest BCUT2D eigenvalue weighted by molar-refractivity contribution is 7.71. The van der Waals surface area contributed by atoms with E-state index in [1.165, 1.54) is 7.11 Å². The summed E-state index contributed by atoms with van der Waals surface area (Å²) >= 11 is 6.27. The van der Waals surface area contributed by atoms with Gasteiger partial charge in [0.2, 0.25) is 5.52 Å². The van der Waals surface area contributed by atoms with Crippen molar-refractivity contribution in [2.75, 3.05) is 7.11 Å². The zero-order valence-corrected chi connectivity index (χ0v) is 19.5. The van der Waals surface area contributed by atoms with Gasteiger partial charge in [-0.3, -0.25) is 9.59 Å². The van der Waals surface area contributed by atoms with Crippen LogP contribution >= 0.6 is 19.4 Å². The van der Waals surface area contributed by atoms with Crippen LogP contribution in [-0.2, 0) is 17.4 Å². The molecule has 0 saturated heterocycles. The summed E-state index contributed by atoms with van der Waals surface area (Å²) in [5.74, 6) is 0.127. The third-order valence-corrected chi connectivity index (χ3v) is 7.32. The van der Waals surface area contributed by atoms with E-state index in [1.54, 1.807) is 54.6 Å². The Bertz CT molecular complexity index is 1160. The molecule has 0 amide bonds. The van der Waals surface area contributed by atoms with Gasteiger partial charge in [-0.25, -0.2) is 0 Å². The number of ether oxygens (including phenoxy) is 1. The summed E-state index contributed by atoms with van der Waals surface area (Å²) < 4.78 is 18.9. The zero-order chi connectivity index (χ0) is 22.5. The Kier molecular flexibility index (Phi) is 7.48. The first-order valence-electron chi connectivity index (χ1n) is 10.1. The number of hydrogen-bond donors (Lipinski definition) is 0. The molecule has 6 heteroatoms. The van der Waals surface area contributed by atoms with Crippen LogP contribution in [0.3, 0.4) is 0 Å². The molecule has 0 radical (unpaired) electrons. The Labute approximate surface area is 188 Å². The monoisotopic (exact) mass is 454 g/mol. The molecule has 0 saturated carbocycles. The Morgan fingerprint density at radius 2 is 1.65 bits per heavy atom. The summed E-state index contributed by atoms with van der Waals surface area (Å²) in [5.41, 5.74) is 2.01. The van der Waals surface area contributed by atoms with Crippen LogP contribution in [-0.4, -0.2) is 18.4 Å². The maximum absolute atomic E-state index is 13.6. The lowest BCUT2D eigenvalue weighted by molar-refractivity contribution is 0.103. The summed E-state index contributed by atoms with van der Waals surface area (Å²) in [6.07, 6.45) is 1.06. The molecule has 0 fully saturated rings. The van der Waals surface area contributed by atoms with Crippen LogP contribution in [0, 0.1) is 0 Å². The molecule has 1 atom stereocenters. The number of methoxy groups -OCH3 is 1. The highest BCUT2D eigenvalue weighted by Crippen LogP contribution is 2.38. The highest BCUT2D eigenvalue weighted by Gasteiger charge is 2.28. The Hall–Kier alpha value is -2.68. The molecule has 0 aliphatic carbocycles. The second-order valence-corrected chi connectivity index (χ2v) is 9.02. The average Bonchev–Trinajstić information content (AvgIpc) is 2.81. The van der Waals surface area contributed by atoms with Gasteiger partial charge in [0.25, 0.3) is 0 Å². The number of ketones is 1. The molecular weight excluding hydrogens is 431 g/mol. The fourth-order valence-electron chi connectivity index (χ4n) is 3.72. The standard InChI is InChI=1S/C25H24ClO4P/c1-4-16-14-15-19(23(27)17-10-7-6-8-11-17)18(5-2)24(16)31(29)25(28)22-20(26)12-9-13-21(22)30-3/h6-15,31H,4-5H2,1-3H3. The number of halogens is 1. The quantitative estimate of drug-likeness (QED) is 0.322. The van der Waals surface area contributed by atoms with E-state index in [0.717, 1.165) is 5.56 Å². The van der Waals surface area contributed by atoms with Crippen molar-refractivity contribution >= 4 is 36.0 Å². The van der Waals surface area contributed by atoms with E-state index in [0.29, 0.717) is 34.8 Å². The van der Waals surface area contributed by atoms with Crippen molar-refractivity contribution in [3.8, 4) is 5.75 Å². The highest BCUT2D eigenvalue weighted by atomic mass is 35.5. The maximum Gasteiger partial charge on any atom is 0.228 e. The minimum atomic E-state index is -2.98. The van der Waals surface area contributed by atoms with Crippen LogP contribution in [0.1, 0.15) is 51.3 Å². The molecule has 4 nitrogen and oxygen atoms in total. The van der Waals surface area contributed by atoms with Crippen molar-refractivity contribution in [1.82, 2.24) is 0 Å². The van der Waals surface area contributed by atoms with Crippen molar-refractivity contribution in [3.05, 3.63) is 93.5 Å². The number of carbonyl (C=O) groups is 2. The van der Waals surface area contributed by atoms with Crippen molar-refractivity contribution in [2.24, 2.45) is 0 Å². The van der Waals surface area contributed by atoms with E-state index in [-0.39, 0.29) is 22.1 Å². The smallest absolute Gasteiger partial charge is 0.228 e. The van der Waals surface area contributed by atoms with Gasteiger partial charge in [0.15, 0.2) is 13.6 Å². The fourth-order valence-corrected chi connectivity index (χ4v) is 5.90. The van der Waals surface area contributed by atoms with Gasteiger partial charge in [-0.1, -0.05) is 74.0 Å². The molecule has 3 rings (SSSR count). The fraction of sp³-hybridized carbons (Fsp3) is 0.200. The second kappa shape index (κ2) is 10.1. The largest absolute Gasteiger partial charge is 0.496 e. The molecule has 0 spiro atoms. The van der Waals surface area contributed by atoms with Gasteiger partial charge in [-0.15, -0.1) is 0 Å². The van der Waals surface area contributed by atoms with Crippen molar-refractivity contribution in [1.29, 1.82) is 0 Å². The molecule has 0 heterocycles. The Morgan fingerprint density at radius 3 is 2.26 bits per heavy atom. The van der Waals surface area contributed by atoms with E-state index in [1.807, 2.05) is 19.9 Å². The zero-order valence-electron chi connectivity index (χ0n) is 17.7. The van der Waals surface area contributed by atoms with E-state index in [4.69, 9.17) is 16.3 Å². The van der Waals surface area contributed by atoms with Crippen LogP contribution in [0.25, 0.3) is 0 Å². The predicted molar refractivity (Wildman–Crippen MR) is 126 cm³/mol. The third kappa shape index (κ3) is 4.51. The minimum absolute atomic E-state index is 0.111. The number of hydrogen-bond acceptors (Lipinski definition) is 4. The van der Waals surface area contributed by atoms with Crippen molar-refractivity contribution < 1.29 is 18.9 Å². The first kappa shape index (κ1) is 23.0. The summed E-state index contributed by atoms with van der Waals surface area (Å²) in [6, 6.07) is 17.4. The summed E-state index contributed by atoms with van der Waals surface area (Å²) in [5, 5.41) is 0.652. The number of rotatable bonds is 8. The lowest BCUT2D eigenvalue weighted by Crippen LogP contribution is -2.20. The minimum Gasteiger partial charge on any atom is -0.496 e. The molecule has 0 N–H and O–H groups in total. The van der Waals surface area contributed by atoms with Crippen molar-refractivity contribution in [2.45, 2.75) is 26.7 Å². The van der Waals surface area contributed by atoms with Crippen LogP contribution in [0.2, 0.25) is 5.02 Å². The van der Waals surface area contributed by atoms with Gasteiger partial charge >= 0.3 is 0 Å². The third-order valence-electron chi connectivity index (χ3n) is 5.27. The van der Waals surface area contributed by atoms with Gasteiger partial charge in [0.1, 0.15) is 5.75 Å². The Morgan fingerprint density at radius 1 is 0.935 bits per heavy atom. The van der Waals surface area contributed by atoms with E-state index in [2.05, 4.69) is 0 Å². The van der Waals surface area contributed by atoms with Crippen LogP contribution in [0.5, 0.6) is 5.75 Å². The topological polar surface area (TPSA) is 60.4 Å². The lowest BCUT2D eigenvalue weighted by Gasteiger charge is -2.17. The van der Waals surface area contributed by atoms with Crippen molar-refractivity contribution in [3.63, 3.8) is 0 Å². The van der Waals surface area contributed by atoms with Gasteiger partial charge in [0.05, 0.1) is 17.7 Å². The number of carbonyl (C=O) groups excluding carboxylic acids is 2.